The number of hydrogen-bond donors (Lipinski definition) is 1. The maximum Gasteiger partial charge on any atom is 0.264 e. The number of benzene rings is 1. The largest absolute Gasteiger partial charge is 0.363 e. The molecule has 1 aromatic carbocycles. The summed E-state index contributed by atoms with van der Waals surface area (Å²) in [4.78, 5) is 4.64. The van der Waals surface area contributed by atoms with Crippen LogP contribution in [0.5, 0.6) is 0 Å². The fourth-order valence-electron chi connectivity index (χ4n) is 5.07. The minimum Gasteiger partial charge on any atom is -0.363 e. The highest BCUT2D eigenvalue weighted by Gasteiger charge is 2.28. The molecule has 2 aromatic heterocycles. The molecule has 2 heterocycles. The minimum absolute atomic E-state index is 0.275. The van der Waals surface area contributed by atoms with Crippen LogP contribution in [-0.4, -0.2) is 30.8 Å². The number of pyridine rings is 1. The zero-order valence-electron chi connectivity index (χ0n) is 17.1. The SMILES string of the molecule is CS(=O)(=O)OC[C@H]1CC[C@H](n2ccc3c(N[C@H]4CCc5ccccc54)nccc32)C1. The first-order valence-electron chi connectivity index (χ1n) is 10.6. The van der Waals surface area contributed by atoms with E-state index < -0.39 is 10.1 Å². The molecule has 1 saturated carbocycles. The third-order valence-corrected chi connectivity index (χ3v) is 7.08. The highest BCUT2D eigenvalue weighted by Crippen LogP contribution is 2.39. The number of anilines is 1. The van der Waals surface area contributed by atoms with Gasteiger partial charge < -0.3 is 9.88 Å². The van der Waals surface area contributed by atoms with Crippen LogP contribution in [0.15, 0.2) is 48.8 Å². The highest BCUT2D eigenvalue weighted by molar-refractivity contribution is 7.85. The zero-order valence-corrected chi connectivity index (χ0v) is 17.9. The van der Waals surface area contributed by atoms with E-state index in [1.54, 1.807) is 0 Å². The normalized spacial score (nSPS) is 23.7. The van der Waals surface area contributed by atoms with E-state index in [0.717, 1.165) is 49.6 Å². The molecule has 0 aliphatic heterocycles. The van der Waals surface area contributed by atoms with Gasteiger partial charge in [0.05, 0.1) is 24.4 Å². The topological polar surface area (TPSA) is 73.2 Å². The lowest BCUT2D eigenvalue weighted by atomic mass is 10.1. The van der Waals surface area contributed by atoms with Crippen molar-refractivity contribution in [2.45, 2.75) is 44.2 Å². The fraction of sp³-hybridized carbons (Fsp3) is 0.435. The number of rotatable bonds is 6. The van der Waals surface area contributed by atoms with E-state index in [2.05, 4.69) is 57.5 Å². The van der Waals surface area contributed by atoms with Crippen molar-refractivity contribution < 1.29 is 12.6 Å². The van der Waals surface area contributed by atoms with Crippen molar-refractivity contribution in [3.05, 3.63) is 59.9 Å². The van der Waals surface area contributed by atoms with Crippen LogP contribution in [-0.2, 0) is 20.7 Å². The van der Waals surface area contributed by atoms with Gasteiger partial charge in [-0.2, -0.15) is 8.42 Å². The summed E-state index contributed by atoms with van der Waals surface area (Å²) in [5.74, 6) is 1.21. The summed E-state index contributed by atoms with van der Waals surface area (Å²) in [5.41, 5.74) is 3.97. The molecule has 6 nitrogen and oxygen atoms in total. The van der Waals surface area contributed by atoms with Gasteiger partial charge in [-0.15, -0.1) is 0 Å². The van der Waals surface area contributed by atoms with Gasteiger partial charge in [0.25, 0.3) is 10.1 Å². The van der Waals surface area contributed by atoms with Crippen LogP contribution < -0.4 is 5.32 Å². The van der Waals surface area contributed by atoms with E-state index in [9.17, 15) is 8.42 Å². The summed E-state index contributed by atoms with van der Waals surface area (Å²) >= 11 is 0. The maximum absolute atomic E-state index is 11.3. The average molecular weight is 426 g/mol. The number of aryl methyl sites for hydroxylation is 1. The van der Waals surface area contributed by atoms with Gasteiger partial charge in [-0.25, -0.2) is 4.98 Å². The zero-order chi connectivity index (χ0) is 20.7. The number of nitrogens with one attached hydrogen (secondary N) is 1. The van der Waals surface area contributed by atoms with Crippen molar-refractivity contribution >= 4 is 26.8 Å². The molecule has 1 fully saturated rings. The Bertz CT molecular complexity index is 1170. The summed E-state index contributed by atoms with van der Waals surface area (Å²) in [6, 6.07) is 13.5. The molecular formula is C23H27N3O3S. The first-order valence-corrected chi connectivity index (χ1v) is 12.4. The van der Waals surface area contributed by atoms with Gasteiger partial charge in [0, 0.05) is 23.8 Å². The standard InChI is InChI=1S/C23H27N3O3S/c1-30(27,28)29-15-16-6-8-18(14-16)26-13-11-20-22(26)10-12-24-23(20)25-21-9-7-17-4-2-3-5-19(17)21/h2-5,10-13,16,18,21H,6-9,14-15H2,1H3,(H,24,25)/t16-,18-,21-/m0/s1. The van der Waals surface area contributed by atoms with Gasteiger partial charge in [0.2, 0.25) is 0 Å². The van der Waals surface area contributed by atoms with E-state index in [-0.39, 0.29) is 12.5 Å². The van der Waals surface area contributed by atoms with Crippen LogP contribution in [0.4, 0.5) is 5.82 Å². The molecule has 0 saturated heterocycles. The van der Waals surface area contributed by atoms with Gasteiger partial charge in [0.1, 0.15) is 5.82 Å². The number of fused-ring (bicyclic) bond motifs is 2. The molecule has 0 bridgehead atoms. The van der Waals surface area contributed by atoms with Crippen molar-refractivity contribution in [3.63, 3.8) is 0 Å². The van der Waals surface area contributed by atoms with Gasteiger partial charge >= 0.3 is 0 Å². The Hall–Kier alpha value is -2.38. The maximum atomic E-state index is 11.3. The van der Waals surface area contributed by atoms with E-state index >= 15 is 0 Å². The molecule has 0 radical (unpaired) electrons. The van der Waals surface area contributed by atoms with Crippen molar-refractivity contribution in [3.8, 4) is 0 Å². The lowest BCUT2D eigenvalue weighted by Gasteiger charge is -2.17. The Balaban J connectivity index is 1.35. The summed E-state index contributed by atoms with van der Waals surface area (Å²) < 4.78 is 29.9. The molecule has 158 valence electrons. The lowest BCUT2D eigenvalue weighted by molar-refractivity contribution is 0.255. The predicted molar refractivity (Wildman–Crippen MR) is 118 cm³/mol. The number of nitrogens with zero attached hydrogens (tertiary/aromatic N) is 2. The number of aromatic nitrogens is 2. The van der Waals surface area contributed by atoms with Crippen LogP contribution >= 0.6 is 0 Å². The second-order valence-electron chi connectivity index (χ2n) is 8.57. The Morgan fingerprint density at radius 3 is 2.90 bits per heavy atom. The van der Waals surface area contributed by atoms with E-state index in [4.69, 9.17) is 4.18 Å². The number of hydrogen-bond acceptors (Lipinski definition) is 5. The van der Waals surface area contributed by atoms with Gasteiger partial charge in [-0.1, -0.05) is 24.3 Å². The van der Waals surface area contributed by atoms with Crippen molar-refractivity contribution in [2.75, 3.05) is 18.2 Å². The fourth-order valence-corrected chi connectivity index (χ4v) is 5.51. The van der Waals surface area contributed by atoms with Crippen LogP contribution in [0.3, 0.4) is 0 Å². The Kier molecular flexibility index (Phi) is 5.03. The monoisotopic (exact) mass is 425 g/mol. The van der Waals surface area contributed by atoms with Crippen LogP contribution in [0, 0.1) is 5.92 Å². The molecule has 5 rings (SSSR count). The average Bonchev–Trinajstić information content (AvgIpc) is 3.44. The van der Waals surface area contributed by atoms with Gasteiger partial charge in [-0.3, -0.25) is 4.18 Å². The molecule has 2 aliphatic rings. The van der Waals surface area contributed by atoms with E-state index in [1.165, 1.54) is 16.6 Å². The van der Waals surface area contributed by atoms with Crippen LogP contribution in [0.2, 0.25) is 0 Å². The molecular weight excluding hydrogens is 398 g/mol. The Labute approximate surface area is 177 Å². The third kappa shape index (κ3) is 3.84. The molecule has 7 heteroatoms. The highest BCUT2D eigenvalue weighted by atomic mass is 32.2. The third-order valence-electron chi connectivity index (χ3n) is 6.52. The van der Waals surface area contributed by atoms with Crippen LogP contribution in [0.1, 0.15) is 48.9 Å². The molecule has 2 aliphatic carbocycles. The second kappa shape index (κ2) is 7.71. The smallest absolute Gasteiger partial charge is 0.264 e. The summed E-state index contributed by atoms with van der Waals surface area (Å²) in [6.45, 7) is 0.282. The molecule has 0 amide bonds. The summed E-state index contributed by atoms with van der Waals surface area (Å²) in [6.07, 6.45) is 10.3. The molecule has 3 aromatic rings. The molecule has 1 N–H and O–H groups in total. The minimum atomic E-state index is -3.38. The molecule has 0 spiro atoms. The summed E-state index contributed by atoms with van der Waals surface area (Å²) in [5, 5.41) is 4.82. The van der Waals surface area contributed by atoms with Crippen molar-refractivity contribution in [1.29, 1.82) is 0 Å². The molecule has 30 heavy (non-hydrogen) atoms. The first-order chi connectivity index (χ1) is 14.5. The molecule has 0 unspecified atom stereocenters. The van der Waals surface area contributed by atoms with E-state index in [1.807, 2.05) is 6.20 Å². The predicted octanol–water partition coefficient (Wildman–Crippen LogP) is 4.45. The van der Waals surface area contributed by atoms with Gasteiger partial charge in [0.15, 0.2) is 0 Å². The van der Waals surface area contributed by atoms with E-state index in [0.29, 0.717) is 12.1 Å². The molecule has 3 atom stereocenters. The van der Waals surface area contributed by atoms with Crippen molar-refractivity contribution in [1.82, 2.24) is 9.55 Å². The quantitative estimate of drug-likeness (QED) is 0.591. The van der Waals surface area contributed by atoms with Crippen molar-refractivity contribution in [2.24, 2.45) is 5.92 Å². The first kappa shape index (κ1) is 19.6. The van der Waals surface area contributed by atoms with Gasteiger partial charge in [-0.05, 0) is 61.3 Å². The summed E-state index contributed by atoms with van der Waals surface area (Å²) in [7, 11) is -3.38. The lowest BCUT2D eigenvalue weighted by Crippen LogP contribution is -2.12. The Morgan fingerprint density at radius 1 is 1.17 bits per heavy atom. The van der Waals surface area contributed by atoms with Crippen LogP contribution in [0.25, 0.3) is 10.9 Å². The second-order valence-corrected chi connectivity index (χ2v) is 10.2. The Morgan fingerprint density at radius 2 is 2.03 bits per heavy atom.